The van der Waals surface area contributed by atoms with Crippen molar-refractivity contribution in [3.63, 3.8) is 0 Å². The molecule has 1 aliphatic rings. The van der Waals surface area contributed by atoms with Crippen LogP contribution in [-0.4, -0.2) is 11.7 Å². The number of Topliss-reactive ketones (excluding diaryl/α,β-unsaturated/α-hetero) is 1. The van der Waals surface area contributed by atoms with E-state index in [1.807, 2.05) is 32.9 Å². The summed E-state index contributed by atoms with van der Waals surface area (Å²) in [7, 11) is 0. The van der Waals surface area contributed by atoms with Crippen LogP contribution in [0.15, 0.2) is 18.2 Å². The molecule has 3 nitrogen and oxygen atoms in total. The lowest BCUT2D eigenvalue weighted by molar-refractivity contribution is -0.112. The number of benzene rings is 1. The average molecular weight is 203 g/mol. The minimum Gasteiger partial charge on any atom is -0.318 e. The van der Waals surface area contributed by atoms with Crippen LogP contribution >= 0.6 is 0 Å². The first kappa shape index (κ1) is 9.90. The fourth-order valence-corrected chi connectivity index (χ4v) is 1.82. The van der Waals surface area contributed by atoms with Gasteiger partial charge < -0.3 is 5.32 Å². The second kappa shape index (κ2) is 2.92. The summed E-state index contributed by atoms with van der Waals surface area (Å²) in [6.07, 6.45) is 0. The SMILES string of the molecule is CC(C)(C)c1cccc2c1C(=O)C(=O)N2. The van der Waals surface area contributed by atoms with Gasteiger partial charge in [0.2, 0.25) is 0 Å². The summed E-state index contributed by atoms with van der Waals surface area (Å²) in [5.74, 6) is -0.947. The molecular formula is C12H13NO2. The third-order valence-corrected chi connectivity index (χ3v) is 2.55. The summed E-state index contributed by atoms with van der Waals surface area (Å²) in [5.41, 5.74) is 1.96. The zero-order valence-electron chi connectivity index (χ0n) is 9.05. The fraction of sp³-hybridized carbons (Fsp3) is 0.333. The van der Waals surface area contributed by atoms with Crippen LogP contribution in [0.25, 0.3) is 0 Å². The molecule has 0 saturated carbocycles. The Labute approximate surface area is 88.5 Å². The van der Waals surface area contributed by atoms with Gasteiger partial charge in [-0.15, -0.1) is 0 Å². The molecule has 0 spiro atoms. The topological polar surface area (TPSA) is 46.2 Å². The normalized spacial score (nSPS) is 15.1. The minimum absolute atomic E-state index is 0.132. The number of anilines is 1. The Bertz CT molecular complexity index is 455. The third-order valence-electron chi connectivity index (χ3n) is 2.55. The van der Waals surface area contributed by atoms with Crippen molar-refractivity contribution in [2.45, 2.75) is 26.2 Å². The first-order valence-electron chi connectivity index (χ1n) is 4.90. The molecule has 0 atom stereocenters. The van der Waals surface area contributed by atoms with Gasteiger partial charge in [-0.2, -0.15) is 0 Å². The molecule has 0 unspecified atom stereocenters. The number of ketones is 1. The molecule has 0 aromatic heterocycles. The molecule has 1 aromatic rings. The van der Waals surface area contributed by atoms with Gasteiger partial charge >= 0.3 is 0 Å². The van der Waals surface area contributed by atoms with E-state index >= 15 is 0 Å². The van der Waals surface area contributed by atoms with E-state index in [0.717, 1.165) is 5.56 Å². The van der Waals surface area contributed by atoms with Crippen LogP contribution in [-0.2, 0) is 10.2 Å². The highest BCUT2D eigenvalue weighted by atomic mass is 16.2. The molecule has 2 rings (SSSR count). The van der Waals surface area contributed by atoms with Gasteiger partial charge in [-0.05, 0) is 17.0 Å². The van der Waals surface area contributed by atoms with Crippen molar-refractivity contribution < 1.29 is 9.59 Å². The highest BCUT2D eigenvalue weighted by Gasteiger charge is 2.33. The predicted octanol–water partition coefficient (Wildman–Crippen LogP) is 2.12. The van der Waals surface area contributed by atoms with Crippen LogP contribution in [0.5, 0.6) is 0 Å². The highest BCUT2D eigenvalue weighted by Crippen LogP contribution is 2.33. The average Bonchev–Trinajstić information content (AvgIpc) is 2.41. The standard InChI is InChI=1S/C12H13NO2/c1-12(2,3)7-5-4-6-8-9(7)10(14)11(15)13-8/h4-6H,1-3H3,(H,13,14,15). The summed E-state index contributed by atoms with van der Waals surface area (Å²) in [6, 6.07) is 5.52. The smallest absolute Gasteiger partial charge is 0.296 e. The van der Waals surface area contributed by atoms with Crippen LogP contribution in [0.2, 0.25) is 0 Å². The van der Waals surface area contributed by atoms with Crippen LogP contribution in [0.3, 0.4) is 0 Å². The lowest BCUT2D eigenvalue weighted by atomic mass is 9.83. The van der Waals surface area contributed by atoms with E-state index in [-0.39, 0.29) is 5.41 Å². The molecular weight excluding hydrogens is 190 g/mol. The molecule has 0 aliphatic carbocycles. The molecule has 1 aliphatic heterocycles. The van der Waals surface area contributed by atoms with Gasteiger partial charge in [0.25, 0.3) is 11.7 Å². The molecule has 1 N–H and O–H groups in total. The number of nitrogens with one attached hydrogen (secondary N) is 1. The van der Waals surface area contributed by atoms with E-state index in [1.165, 1.54) is 0 Å². The van der Waals surface area contributed by atoms with Crippen molar-refractivity contribution in [3.8, 4) is 0 Å². The first-order chi connectivity index (χ1) is 6.91. The Balaban J connectivity index is 2.68. The van der Waals surface area contributed by atoms with Gasteiger partial charge in [-0.25, -0.2) is 0 Å². The quantitative estimate of drug-likeness (QED) is 0.656. The molecule has 1 amide bonds. The molecule has 78 valence electrons. The van der Waals surface area contributed by atoms with Crippen LogP contribution in [0.1, 0.15) is 36.7 Å². The van der Waals surface area contributed by atoms with Crippen molar-refractivity contribution in [1.82, 2.24) is 0 Å². The number of amides is 1. The molecule has 1 aromatic carbocycles. The second-order valence-electron chi connectivity index (χ2n) is 4.76. The lowest BCUT2D eigenvalue weighted by Crippen LogP contribution is -2.18. The zero-order chi connectivity index (χ0) is 11.2. The molecule has 3 heteroatoms. The van der Waals surface area contributed by atoms with Gasteiger partial charge in [0.05, 0.1) is 11.3 Å². The fourth-order valence-electron chi connectivity index (χ4n) is 1.82. The maximum atomic E-state index is 11.7. The lowest BCUT2D eigenvalue weighted by Gasteiger charge is -2.21. The third kappa shape index (κ3) is 1.44. The largest absolute Gasteiger partial charge is 0.318 e. The molecule has 0 bridgehead atoms. The Kier molecular flexibility index (Phi) is 1.93. The van der Waals surface area contributed by atoms with E-state index in [2.05, 4.69) is 5.32 Å². The van der Waals surface area contributed by atoms with E-state index in [4.69, 9.17) is 0 Å². The van der Waals surface area contributed by atoms with Crippen LogP contribution < -0.4 is 5.32 Å². The first-order valence-corrected chi connectivity index (χ1v) is 4.90. The van der Waals surface area contributed by atoms with E-state index < -0.39 is 11.7 Å². The number of rotatable bonds is 0. The summed E-state index contributed by atoms with van der Waals surface area (Å²) in [6.45, 7) is 6.08. The number of fused-ring (bicyclic) bond motifs is 1. The number of hydrogen-bond donors (Lipinski definition) is 1. The van der Waals surface area contributed by atoms with E-state index in [9.17, 15) is 9.59 Å². The van der Waals surface area contributed by atoms with Crippen molar-refractivity contribution in [2.24, 2.45) is 0 Å². The van der Waals surface area contributed by atoms with Gasteiger partial charge in [0, 0.05) is 0 Å². The Morgan fingerprint density at radius 2 is 1.80 bits per heavy atom. The molecule has 15 heavy (non-hydrogen) atoms. The number of carbonyl (C=O) groups is 2. The Hall–Kier alpha value is -1.64. The van der Waals surface area contributed by atoms with Gasteiger partial charge in [0.1, 0.15) is 0 Å². The van der Waals surface area contributed by atoms with Crippen LogP contribution in [0.4, 0.5) is 5.69 Å². The summed E-state index contributed by atoms with van der Waals surface area (Å²) in [5, 5.41) is 2.57. The van der Waals surface area contributed by atoms with E-state index in [0.29, 0.717) is 11.3 Å². The molecule has 1 heterocycles. The van der Waals surface area contributed by atoms with Crippen molar-refractivity contribution >= 4 is 17.4 Å². The van der Waals surface area contributed by atoms with Crippen LogP contribution in [0, 0.1) is 0 Å². The van der Waals surface area contributed by atoms with Gasteiger partial charge in [0.15, 0.2) is 0 Å². The van der Waals surface area contributed by atoms with Gasteiger partial charge in [-0.1, -0.05) is 32.9 Å². The minimum atomic E-state index is -0.526. The van der Waals surface area contributed by atoms with Crippen molar-refractivity contribution in [2.75, 3.05) is 5.32 Å². The van der Waals surface area contributed by atoms with Gasteiger partial charge in [-0.3, -0.25) is 9.59 Å². The van der Waals surface area contributed by atoms with E-state index in [1.54, 1.807) is 6.07 Å². The monoisotopic (exact) mass is 203 g/mol. The maximum Gasteiger partial charge on any atom is 0.296 e. The highest BCUT2D eigenvalue weighted by molar-refractivity contribution is 6.52. The second-order valence-corrected chi connectivity index (χ2v) is 4.76. The maximum absolute atomic E-state index is 11.7. The summed E-state index contributed by atoms with van der Waals surface area (Å²) >= 11 is 0. The van der Waals surface area contributed by atoms with Crippen molar-refractivity contribution in [3.05, 3.63) is 29.3 Å². The summed E-state index contributed by atoms with van der Waals surface area (Å²) < 4.78 is 0. The predicted molar refractivity (Wildman–Crippen MR) is 58.1 cm³/mol. The number of carbonyl (C=O) groups excluding carboxylic acids is 2. The molecule has 0 saturated heterocycles. The molecule has 0 fully saturated rings. The Morgan fingerprint density at radius 3 is 2.40 bits per heavy atom. The van der Waals surface area contributed by atoms with Crippen molar-refractivity contribution in [1.29, 1.82) is 0 Å². The zero-order valence-corrected chi connectivity index (χ0v) is 9.05. The Morgan fingerprint density at radius 1 is 1.13 bits per heavy atom. The number of hydrogen-bond acceptors (Lipinski definition) is 2. The molecule has 0 radical (unpaired) electrons. The summed E-state index contributed by atoms with van der Waals surface area (Å²) in [4.78, 5) is 22.9.